The molecule has 1 N–H and O–H groups in total. The molecule has 0 radical (unpaired) electrons. The second-order valence-electron chi connectivity index (χ2n) is 2.48. The average molecular weight is 256 g/mol. The summed E-state index contributed by atoms with van der Waals surface area (Å²) >= 11 is 10.8. The molecular formula is C6H7Cl2N3O2S. The van der Waals surface area contributed by atoms with Crippen LogP contribution in [0.4, 0.5) is 5.95 Å². The summed E-state index contributed by atoms with van der Waals surface area (Å²) in [4.78, 5) is 7.50. The predicted molar refractivity (Wildman–Crippen MR) is 55.0 cm³/mol. The molecule has 0 saturated heterocycles. The van der Waals surface area contributed by atoms with Gasteiger partial charge in [0.15, 0.2) is 0 Å². The van der Waals surface area contributed by atoms with Gasteiger partial charge >= 0.3 is 0 Å². The molecular weight excluding hydrogens is 249 g/mol. The van der Waals surface area contributed by atoms with E-state index in [1.54, 1.807) is 6.92 Å². The Labute approximate surface area is 91.5 Å². The zero-order valence-electron chi connectivity index (χ0n) is 7.16. The highest BCUT2D eigenvalue weighted by atomic mass is 35.5. The summed E-state index contributed by atoms with van der Waals surface area (Å²) in [6.07, 6.45) is 0. The zero-order valence-corrected chi connectivity index (χ0v) is 9.49. The highest BCUT2D eigenvalue weighted by Crippen LogP contribution is 2.10. The number of hydrogen-bond donors (Lipinski definition) is 1. The molecule has 0 fully saturated rings. The third kappa shape index (κ3) is 3.28. The summed E-state index contributed by atoms with van der Waals surface area (Å²) in [5.41, 5.74) is 0.567. The minimum absolute atomic E-state index is 0.0735. The van der Waals surface area contributed by atoms with Gasteiger partial charge in [-0.1, -0.05) is 11.6 Å². The number of rotatable bonds is 3. The lowest BCUT2D eigenvalue weighted by Gasteiger charge is -2.03. The highest BCUT2D eigenvalue weighted by Gasteiger charge is 2.10. The second-order valence-corrected chi connectivity index (χ2v) is 5.18. The van der Waals surface area contributed by atoms with Crippen molar-refractivity contribution in [3.05, 3.63) is 16.9 Å². The van der Waals surface area contributed by atoms with Gasteiger partial charge in [0.2, 0.25) is 16.0 Å². The Morgan fingerprint density at radius 3 is 2.64 bits per heavy atom. The van der Waals surface area contributed by atoms with Crippen LogP contribution in [0.3, 0.4) is 0 Å². The molecule has 1 rings (SSSR count). The molecule has 1 heterocycles. The largest absolute Gasteiger partial charge is 0.250 e. The van der Waals surface area contributed by atoms with Crippen molar-refractivity contribution in [2.24, 2.45) is 0 Å². The van der Waals surface area contributed by atoms with E-state index in [2.05, 4.69) is 14.7 Å². The van der Waals surface area contributed by atoms with Gasteiger partial charge in [0, 0.05) is 5.69 Å². The molecule has 0 saturated carbocycles. The maximum Gasteiger partial charge on any atom is 0.249 e. The number of nitrogens with zero attached hydrogens (tertiary/aromatic N) is 2. The highest BCUT2D eigenvalue weighted by molar-refractivity contribution is 7.93. The third-order valence-electron chi connectivity index (χ3n) is 1.21. The van der Waals surface area contributed by atoms with E-state index in [1.807, 2.05) is 0 Å². The smallest absolute Gasteiger partial charge is 0.249 e. The number of aryl methyl sites for hydroxylation is 1. The number of sulfonamides is 1. The molecule has 0 spiro atoms. The molecule has 8 heteroatoms. The van der Waals surface area contributed by atoms with Crippen LogP contribution >= 0.6 is 23.2 Å². The van der Waals surface area contributed by atoms with Crippen LogP contribution in [0.5, 0.6) is 0 Å². The fourth-order valence-corrected chi connectivity index (χ4v) is 1.57. The van der Waals surface area contributed by atoms with Crippen molar-refractivity contribution in [1.29, 1.82) is 0 Å². The Hall–Kier alpha value is -0.590. The van der Waals surface area contributed by atoms with Crippen LogP contribution < -0.4 is 4.72 Å². The van der Waals surface area contributed by atoms with Gasteiger partial charge in [0.1, 0.15) is 10.4 Å². The Morgan fingerprint density at radius 1 is 1.50 bits per heavy atom. The Kier molecular flexibility index (Phi) is 3.52. The number of hydrogen-bond acceptors (Lipinski definition) is 4. The molecule has 0 aliphatic rings. The molecule has 78 valence electrons. The molecule has 1 aromatic rings. The van der Waals surface area contributed by atoms with Crippen LogP contribution in [0.25, 0.3) is 0 Å². The van der Waals surface area contributed by atoms with Gasteiger partial charge in [-0.05, 0) is 13.0 Å². The number of nitrogens with one attached hydrogen (secondary N) is 1. The first kappa shape index (κ1) is 11.5. The fourth-order valence-electron chi connectivity index (χ4n) is 0.742. The summed E-state index contributed by atoms with van der Waals surface area (Å²) in [5, 5.41) is -0.383. The van der Waals surface area contributed by atoms with Crippen LogP contribution in [0.1, 0.15) is 5.69 Å². The zero-order chi connectivity index (χ0) is 10.8. The number of aromatic nitrogens is 2. The normalized spacial score (nSPS) is 11.4. The molecule has 0 amide bonds. The molecule has 0 bridgehead atoms. The lowest BCUT2D eigenvalue weighted by molar-refractivity contribution is 0.605. The molecule has 0 atom stereocenters. The molecule has 0 aliphatic carbocycles. The molecule has 0 unspecified atom stereocenters. The maximum absolute atomic E-state index is 11.0. The topological polar surface area (TPSA) is 72.0 Å². The van der Waals surface area contributed by atoms with Gasteiger partial charge in [-0.2, -0.15) is 0 Å². The van der Waals surface area contributed by atoms with E-state index in [9.17, 15) is 8.42 Å². The van der Waals surface area contributed by atoms with Crippen LogP contribution in [0.2, 0.25) is 5.15 Å². The minimum Gasteiger partial charge on any atom is -0.250 e. The summed E-state index contributed by atoms with van der Waals surface area (Å²) in [6, 6.07) is 1.51. The van der Waals surface area contributed by atoms with Gasteiger partial charge in [-0.3, -0.25) is 4.72 Å². The van der Waals surface area contributed by atoms with Crippen molar-refractivity contribution in [3.8, 4) is 0 Å². The van der Waals surface area contributed by atoms with E-state index in [4.69, 9.17) is 23.2 Å². The lowest BCUT2D eigenvalue weighted by atomic mass is 10.5. The van der Waals surface area contributed by atoms with Gasteiger partial charge in [-0.25, -0.2) is 18.4 Å². The molecule has 14 heavy (non-hydrogen) atoms. The van der Waals surface area contributed by atoms with Gasteiger partial charge in [0.25, 0.3) is 0 Å². The molecule has 5 nitrogen and oxygen atoms in total. The van der Waals surface area contributed by atoms with Crippen molar-refractivity contribution in [3.63, 3.8) is 0 Å². The van der Waals surface area contributed by atoms with E-state index >= 15 is 0 Å². The standard InChI is InChI=1S/C6H7Cl2N3O2S/c1-4-2-5(8)10-6(9-4)11-14(12,13)3-7/h2H,3H2,1H3,(H,9,10,11). The Bertz CT molecular complexity index is 414. The summed E-state index contributed by atoms with van der Waals surface area (Å²) in [5.74, 6) is -0.0735. The fraction of sp³-hybridized carbons (Fsp3) is 0.333. The van der Waals surface area contributed by atoms with Crippen LogP contribution in [-0.4, -0.2) is 23.6 Å². The van der Waals surface area contributed by atoms with Crippen molar-refractivity contribution in [2.45, 2.75) is 6.92 Å². The monoisotopic (exact) mass is 255 g/mol. The van der Waals surface area contributed by atoms with Crippen molar-refractivity contribution >= 4 is 39.2 Å². The van der Waals surface area contributed by atoms with E-state index in [1.165, 1.54) is 6.07 Å². The van der Waals surface area contributed by atoms with Gasteiger partial charge in [0.05, 0.1) is 0 Å². The first-order chi connectivity index (χ1) is 6.43. The van der Waals surface area contributed by atoms with Crippen molar-refractivity contribution < 1.29 is 8.42 Å². The van der Waals surface area contributed by atoms with Crippen LogP contribution in [0.15, 0.2) is 6.07 Å². The van der Waals surface area contributed by atoms with E-state index < -0.39 is 15.2 Å². The van der Waals surface area contributed by atoms with Gasteiger partial charge < -0.3 is 0 Å². The SMILES string of the molecule is Cc1cc(Cl)nc(NS(=O)(=O)CCl)n1. The molecule has 0 aliphatic heterocycles. The van der Waals surface area contributed by atoms with Gasteiger partial charge in [-0.15, -0.1) is 11.6 Å². The van der Waals surface area contributed by atoms with E-state index in [-0.39, 0.29) is 11.1 Å². The first-order valence-electron chi connectivity index (χ1n) is 3.50. The Balaban J connectivity index is 2.98. The number of anilines is 1. The minimum atomic E-state index is -3.57. The molecule has 1 aromatic heterocycles. The number of halogens is 2. The van der Waals surface area contributed by atoms with E-state index in [0.29, 0.717) is 5.69 Å². The second kappa shape index (κ2) is 4.29. The summed E-state index contributed by atoms with van der Waals surface area (Å²) in [7, 11) is -3.57. The summed E-state index contributed by atoms with van der Waals surface area (Å²) < 4.78 is 24.1. The van der Waals surface area contributed by atoms with Crippen LogP contribution in [-0.2, 0) is 10.0 Å². The Morgan fingerprint density at radius 2 is 2.14 bits per heavy atom. The summed E-state index contributed by atoms with van der Waals surface area (Å²) in [6.45, 7) is 1.67. The number of alkyl halides is 1. The van der Waals surface area contributed by atoms with Crippen molar-refractivity contribution in [2.75, 3.05) is 9.93 Å². The third-order valence-corrected chi connectivity index (χ3v) is 3.05. The maximum atomic E-state index is 11.0. The molecule has 0 aromatic carbocycles. The van der Waals surface area contributed by atoms with Crippen molar-refractivity contribution in [1.82, 2.24) is 9.97 Å². The van der Waals surface area contributed by atoms with E-state index in [0.717, 1.165) is 0 Å². The predicted octanol–water partition coefficient (Wildman–Crippen LogP) is 1.38. The quantitative estimate of drug-likeness (QED) is 0.655. The average Bonchev–Trinajstić information content (AvgIpc) is 2.01. The first-order valence-corrected chi connectivity index (χ1v) is 6.07. The lowest BCUT2D eigenvalue weighted by Crippen LogP contribution is -2.15. The van der Waals surface area contributed by atoms with Crippen LogP contribution in [0, 0.1) is 6.92 Å².